The Labute approximate surface area is 251 Å². The molecule has 4 aromatic rings. The molecular formula is C37H37O4S+. The third-order valence-corrected chi connectivity index (χ3v) is 11.7. The Balaban J connectivity index is 0.987. The van der Waals surface area contributed by atoms with E-state index in [0.717, 1.165) is 17.6 Å². The van der Waals surface area contributed by atoms with Gasteiger partial charge in [0, 0.05) is 6.07 Å². The fraction of sp³-hybridized carbons (Fsp3) is 0.324. The van der Waals surface area contributed by atoms with Crippen molar-refractivity contribution in [1.82, 2.24) is 0 Å². The van der Waals surface area contributed by atoms with Gasteiger partial charge in [-0.3, -0.25) is 0 Å². The second-order valence-corrected chi connectivity index (χ2v) is 14.3. The first-order valence-electron chi connectivity index (χ1n) is 15.1. The average Bonchev–Trinajstić information content (AvgIpc) is 3.01. The molecule has 0 atom stereocenters. The Morgan fingerprint density at radius 2 is 1.21 bits per heavy atom. The van der Waals surface area contributed by atoms with Crippen LogP contribution in [0.1, 0.15) is 39.0 Å². The van der Waals surface area contributed by atoms with Crippen molar-refractivity contribution >= 4 is 16.9 Å². The van der Waals surface area contributed by atoms with Gasteiger partial charge >= 0.3 is 5.97 Å². The Bertz CT molecular complexity index is 1450. The van der Waals surface area contributed by atoms with Gasteiger partial charge in [0.1, 0.15) is 22.8 Å². The maximum absolute atomic E-state index is 12.8. The number of rotatable bonds is 9. The van der Waals surface area contributed by atoms with Crippen molar-refractivity contribution in [1.29, 1.82) is 0 Å². The van der Waals surface area contributed by atoms with Crippen molar-refractivity contribution in [3.63, 3.8) is 0 Å². The van der Waals surface area contributed by atoms with E-state index in [0.29, 0.717) is 23.3 Å². The van der Waals surface area contributed by atoms with E-state index < -0.39 is 0 Å². The molecule has 0 heterocycles. The Morgan fingerprint density at radius 3 is 1.81 bits per heavy atom. The van der Waals surface area contributed by atoms with Gasteiger partial charge in [-0.1, -0.05) is 42.5 Å². The Morgan fingerprint density at radius 1 is 0.667 bits per heavy atom. The monoisotopic (exact) mass is 577 g/mol. The summed E-state index contributed by atoms with van der Waals surface area (Å²) in [5, 5.41) is 0. The minimum atomic E-state index is -0.333. The van der Waals surface area contributed by atoms with Gasteiger partial charge in [0.2, 0.25) is 0 Å². The van der Waals surface area contributed by atoms with Crippen molar-refractivity contribution in [2.45, 2.75) is 59.3 Å². The first-order chi connectivity index (χ1) is 20.5. The molecule has 4 nitrogen and oxygen atoms in total. The topological polar surface area (TPSA) is 44.8 Å². The summed E-state index contributed by atoms with van der Waals surface area (Å²) in [5.41, 5.74) is -0.333. The van der Waals surface area contributed by atoms with Crippen molar-refractivity contribution in [3.05, 3.63) is 109 Å². The smallest absolute Gasteiger partial charge is 0.344 e. The van der Waals surface area contributed by atoms with Crippen molar-refractivity contribution in [3.8, 4) is 17.2 Å². The maximum Gasteiger partial charge on any atom is 0.344 e. The minimum absolute atomic E-state index is 0.0780. The fourth-order valence-electron chi connectivity index (χ4n) is 7.63. The largest absolute Gasteiger partial charge is 0.482 e. The van der Waals surface area contributed by atoms with Crippen LogP contribution in [0.15, 0.2) is 124 Å². The predicted molar refractivity (Wildman–Crippen MR) is 165 cm³/mol. The van der Waals surface area contributed by atoms with Crippen LogP contribution in [0.3, 0.4) is 0 Å². The molecule has 4 aromatic carbocycles. The number of hydrogen-bond acceptors (Lipinski definition) is 4. The van der Waals surface area contributed by atoms with E-state index >= 15 is 0 Å². The van der Waals surface area contributed by atoms with Crippen LogP contribution in [-0.2, 0) is 20.4 Å². The third kappa shape index (κ3) is 5.55. The molecule has 4 bridgehead atoms. The molecule has 4 fully saturated rings. The van der Waals surface area contributed by atoms with Crippen LogP contribution in [0.25, 0.3) is 0 Å². The van der Waals surface area contributed by atoms with Gasteiger partial charge < -0.3 is 14.2 Å². The SMILES string of the molecule is CC1(OC(=O)COc2ccc(Oc3cccc([S+](c4ccccc4)c4ccccc4)c3)cc2)C2CC3CC(C2)CC1C3. The van der Waals surface area contributed by atoms with Crippen LogP contribution in [-0.4, -0.2) is 18.2 Å². The normalized spacial score (nSPS) is 25.8. The van der Waals surface area contributed by atoms with Gasteiger partial charge in [-0.05, 0) is 123 Å². The molecule has 0 saturated heterocycles. The van der Waals surface area contributed by atoms with Crippen LogP contribution < -0.4 is 9.47 Å². The van der Waals surface area contributed by atoms with E-state index in [2.05, 4.69) is 79.7 Å². The van der Waals surface area contributed by atoms with Gasteiger partial charge in [0.25, 0.3) is 0 Å². The quantitative estimate of drug-likeness (QED) is 0.147. The predicted octanol–water partition coefficient (Wildman–Crippen LogP) is 8.71. The molecule has 0 radical (unpaired) electrons. The maximum atomic E-state index is 12.8. The first-order valence-corrected chi connectivity index (χ1v) is 16.3. The Hall–Kier alpha value is -3.70. The molecule has 0 aliphatic heterocycles. The average molecular weight is 578 g/mol. The van der Waals surface area contributed by atoms with Crippen molar-refractivity contribution in [2.24, 2.45) is 23.7 Å². The van der Waals surface area contributed by atoms with Gasteiger partial charge in [0.15, 0.2) is 21.3 Å². The fourth-order valence-corrected chi connectivity index (χ4v) is 9.75. The lowest BCUT2D eigenvalue weighted by atomic mass is 9.50. The molecule has 42 heavy (non-hydrogen) atoms. The zero-order valence-corrected chi connectivity index (χ0v) is 24.8. The zero-order valence-electron chi connectivity index (χ0n) is 24.0. The number of ether oxygens (including phenoxy) is 3. The highest BCUT2D eigenvalue weighted by molar-refractivity contribution is 7.97. The Kier molecular flexibility index (Phi) is 7.45. The molecule has 5 heteroatoms. The minimum Gasteiger partial charge on any atom is -0.482 e. The molecule has 4 saturated carbocycles. The lowest BCUT2D eigenvalue weighted by Gasteiger charge is -2.59. The van der Waals surface area contributed by atoms with Gasteiger partial charge in [-0.25, -0.2) is 4.79 Å². The zero-order chi connectivity index (χ0) is 28.5. The van der Waals surface area contributed by atoms with E-state index in [9.17, 15) is 4.79 Å². The summed E-state index contributed by atoms with van der Waals surface area (Å²) in [6.07, 6.45) is 6.22. The van der Waals surface area contributed by atoms with Crippen molar-refractivity contribution < 1.29 is 19.0 Å². The van der Waals surface area contributed by atoms with Gasteiger partial charge in [-0.15, -0.1) is 0 Å². The highest BCUT2D eigenvalue weighted by Gasteiger charge is 2.57. The molecule has 0 spiro atoms. The molecule has 214 valence electrons. The molecule has 0 N–H and O–H groups in total. The van der Waals surface area contributed by atoms with E-state index in [4.69, 9.17) is 14.2 Å². The highest BCUT2D eigenvalue weighted by Crippen LogP contribution is 2.59. The summed E-state index contributed by atoms with van der Waals surface area (Å²) in [6, 6.07) is 36.9. The summed E-state index contributed by atoms with van der Waals surface area (Å²) >= 11 is 0. The summed E-state index contributed by atoms with van der Waals surface area (Å²) < 4.78 is 18.2. The second-order valence-electron chi connectivity index (χ2n) is 12.2. The molecule has 4 aliphatic carbocycles. The number of carbonyl (C=O) groups is 1. The highest BCUT2D eigenvalue weighted by atomic mass is 32.2. The molecule has 0 aromatic heterocycles. The number of carbonyl (C=O) groups excluding carboxylic acids is 1. The third-order valence-electron chi connectivity index (χ3n) is 9.51. The molecule has 4 aliphatic rings. The number of esters is 1. The summed E-state index contributed by atoms with van der Waals surface area (Å²) in [7, 11) is -0.245. The van der Waals surface area contributed by atoms with Gasteiger partial charge in [-0.2, -0.15) is 0 Å². The summed E-state index contributed by atoms with van der Waals surface area (Å²) in [6.45, 7) is 2.09. The molecular weight excluding hydrogens is 540 g/mol. The van der Waals surface area contributed by atoms with Crippen LogP contribution in [0, 0.1) is 23.7 Å². The summed E-state index contributed by atoms with van der Waals surface area (Å²) in [4.78, 5) is 16.6. The summed E-state index contributed by atoms with van der Waals surface area (Å²) in [5.74, 6) is 4.53. The van der Waals surface area contributed by atoms with E-state index in [-0.39, 0.29) is 29.1 Å². The van der Waals surface area contributed by atoms with Crippen LogP contribution in [0.4, 0.5) is 0 Å². The van der Waals surface area contributed by atoms with Crippen LogP contribution in [0.2, 0.25) is 0 Å². The second kappa shape index (κ2) is 11.5. The molecule has 8 rings (SSSR count). The first kappa shape index (κ1) is 27.2. The lowest BCUT2D eigenvalue weighted by Crippen LogP contribution is -2.58. The van der Waals surface area contributed by atoms with Gasteiger partial charge in [0.05, 0.1) is 10.9 Å². The van der Waals surface area contributed by atoms with E-state index in [1.54, 1.807) is 0 Å². The number of hydrogen-bond donors (Lipinski definition) is 0. The molecule has 0 unspecified atom stereocenters. The number of benzene rings is 4. The molecule has 0 amide bonds. The van der Waals surface area contributed by atoms with E-state index in [1.807, 2.05) is 36.4 Å². The van der Waals surface area contributed by atoms with Crippen LogP contribution >= 0.6 is 0 Å². The van der Waals surface area contributed by atoms with E-state index in [1.165, 1.54) is 46.8 Å². The lowest BCUT2D eigenvalue weighted by molar-refractivity contribution is -0.204. The van der Waals surface area contributed by atoms with Crippen LogP contribution in [0.5, 0.6) is 17.2 Å². The van der Waals surface area contributed by atoms with Crippen molar-refractivity contribution in [2.75, 3.05) is 6.61 Å². The standard InChI is InChI=1S/C37H37O4S/c1-37(28-20-26-19-27(22-28)23-29(37)21-26)41-36(38)25-39-30-15-17-31(18-16-30)40-32-9-8-14-35(24-32)42(33-10-4-2-5-11-33)34-12-6-3-7-13-34/h2-18,24,26-29H,19-23,25H2,1H3/q+1.